The standard InChI is InChI=1S/C16H13N5O2.C2H6/c1-10-7-14(11(8-17)9-18)21(2)16(23)15(10)20-19-12-3-5-13(22)6-4-12;1-2/h3-7,19,22H,1-2H3;1-2H3. The molecule has 25 heavy (non-hydrogen) atoms. The summed E-state index contributed by atoms with van der Waals surface area (Å²) >= 11 is 0. The Labute approximate surface area is 146 Å². The van der Waals surface area contributed by atoms with Crippen LogP contribution in [0.1, 0.15) is 20.8 Å². The third-order valence-electron chi connectivity index (χ3n) is 3.24. The number of nitrogens with one attached hydrogen (secondary N) is 1. The van der Waals surface area contributed by atoms with Gasteiger partial charge in [0.2, 0.25) is 0 Å². The summed E-state index contributed by atoms with van der Waals surface area (Å²) in [6.07, 6.45) is 1.57. The second-order valence-electron chi connectivity index (χ2n) is 4.79. The van der Waals surface area contributed by atoms with E-state index in [2.05, 4.69) is 10.5 Å². The van der Waals surface area contributed by atoms with Crippen LogP contribution >= 0.6 is 0 Å². The van der Waals surface area contributed by atoms with Gasteiger partial charge in [-0.1, -0.05) is 13.8 Å². The van der Waals surface area contributed by atoms with Crippen molar-refractivity contribution in [3.05, 3.63) is 47.2 Å². The third-order valence-corrected chi connectivity index (χ3v) is 3.24. The van der Waals surface area contributed by atoms with Crippen molar-refractivity contribution in [2.45, 2.75) is 20.8 Å². The molecule has 0 unspecified atom stereocenters. The monoisotopic (exact) mass is 337 g/mol. The van der Waals surface area contributed by atoms with Gasteiger partial charge in [-0.2, -0.15) is 15.6 Å². The molecule has 7 nitrogen and oxygen atoms in total. The predicted molar refractivity (Wildman–Crippen MR) is 95.3 cm³/mol. The molecule has 1 amide bonds. The smallest absolute Gasteiger partial charge is 0.278 e. The zero-order chi connectivity index (χ0) is 19.0. The third kappa shape index (κ3) is 4.46. The van der Waals surface area contributed by atoms with Crippen molar-refractivity contribution in [2.75, 3.05) is 12.5 Å². The number of aromatic hydroxyl groups is 1. The molecule has 0 saturated carbocycles. The molecule has 1 heterocycles. The molecule has 1 aromatic carbocycles. The van der Waals surface area contributed by atoms with E-state index in [0.717, 1.165) is 0 Å². The Balaban J connectivity index is 0.00000151. The zero-order valence-electron chi connectivity index (χ0n) is 14.5. The fourth-order valence-corrected chi connectivity index (χ4v) is 1.98. The number of nitrogens with zero attached hydrogens (tertiary/aromatic N) is 4. The molecule has 0 aromatic heterocycles. The van der Waals surface area contributed by atoms with Gasteiger partial charge in [0.15, 0.2) is 11.3 Å². The molecule has 0 fully saturated rings. The number of rotatable bonds is 2. The average molecular weight is 337 g/mol. The van der Waals surface area contributed by atoms with Gasteiger partial charge in [-0.05, 0) is 42.8 Å². The fourth-order valence-electron chi connectivity index (χ4n) is 1.98. The van der Waals surface area contributed by atoms with Crippen molar-refractivity contribution in [3.63, 3.8) is 0 Å². The minimum absolute atomic E-state index is 0.128. The number of phenols is 1. The number of amides is 1. The van der Waals surface area contributed by atoms with E-state index >= 15 is 0 Å². The number of anilines is 1. The Morgan fingerprint density at radius 1 is 1.20 bits per heavy atom. The van der Waals surface area contributed by atoms with Crippen LogP contribution in [0.2, 0.25) is 0 Å². The van der Waals surface area contributed by atoms with E-state index in [1.165, 1.54) is 24.1 Å². The first kappa shape index (κ1) is 19.5. The highest BCUT2D eigenvalue weighted by atomic mass is 16.3. The summed E-state index contributed by atoms with van der Waals surface area (Å²) in [5.41, 5.74) is 4.18. The minimum atomic E-state index is -0.422. The van der Waals surface area contributed by atoms with Crippen molar-refractivity contribution in [2.24, 2.45) is 5.10 Å². The number of hydrogen-bond donors (Lipinski definition) is 2. The van der Waals surface area contributed by atoms with Crippen LogP contribution in [0.4, 0.5) is 5.69 Å². The van der Waals surface area contributed by atoms with Gasteiger partial charge >= 0.3 is 0 Å². The molecule has 0 radical (unpaired) electrons. The molecular weight excluding hydrogens is 318 g/mol. The number of carbonyl (C=O) groups is 1. The zero-order valence-corrected chi connectivity index (χ0v) is 14.5. The van der Waals surface area contributed by atoms with E-state index in [1.54, 1.807) is 37.3 Å². The summed E-state index contributed by atoms with van der Waals surface area (Å²) < 4.78 is 0. The second-order valence-corrected chi connectivity index (χ2v) is 4.79. The number of carbonyl (C=O) groups excluding carboxylic acids is 1. The second kappa shape index (κ2) is 8.90. The van der Waals surface area contributed by atoms with Crippen LogP contribution in [-0.4, -0.2) is 28.7 Å². The highest BCUT2D eigenvalue weighted by molar-refractivity contribution is 6.46. The SMILES string of the molecule is CC.CC1=CC(=C(C#N)C#N)N(C)C(=O)C1=NNc1ccc(O)cc1. The van der Waals surface area contributed by atoms with Crippen LogP contribution in [0, 0.1) is 22.7 Å². The lowest BCUT2D eigenvalue weighted by molar-refractivity contribution is -0.121. The number of phenolic OH excluding ortho intramolecular Hbond substituents is 1. The van der Waals surface area contributed by atoms with Crippen LogP contribution in [0.25, 0.3) is 0 Å². The maximum atomic E-state index is 12.4. The van der Waals surface area contributed by atoms with Gasteiger partial charge in [0, 0.05) is 7.05 Å². The first-order valence-electron chi connectivity index (χ1n) is 7.62. The van der Waals surface area contributed by atoms with Crippen molar-refractivity contribution in [1.29, 1.82) is 10.5 Å². The van der Waals surface area contributed by atoms with E-state index in [9.17, 15) is 9.90 Å². The number of likely N-dealkylation sites (N-methyl/N-ethyl adjacent to an activating group) is 1. The molecule has 1 aliphatic heterocycles. The Hall–Kier alpha value is -3.58. The number of benzene rings is 1. The van der Waals surface area contributed by atoms with Gasteiger partial charge < -0.3 is 10.0 Å². The Kier molecular flexibility index (Phi) is 6.93. The molecule has 0 aliphatic carbocycles. The van der Waals surface area contributed by atoms with E-state index < -0.39 is 5.91 Å². The van der Waals surface area contributed by atoms with Crippen molar-refractivity contribution < 1.29 is 9.90 Å². The topological polar surface area (TPSA) is 113 Å². The summed E-state index contributed by atoms with van der Waals surface area (Å²) in [5, 5.41) is 31.2. The van der Waals surface area contributed by atoms with E-state index in [1.807, 2.05) is 13.8 Å². The normalized spacial score (nSPS) is 14.7. The van der Waals surface area contributed by atoms with Gasteiger partial charge in [0.05, 0.1) is 11.4 Å². The first-order valence-corrected chi connectivity index (χ1v) is 7.62. The van der Waals surface area contributed by atoms with Crippen LogP contribution in [-0.2, 0) is 4.79 Å². The number of hydrogen-bond acceptors (Lipinski definition) is 6. The molecule has 0 bridgehead atoms. The number of hydrazone groups is 1. The van der Waals surface area contributed by atoms with Crippen molar-refractivity contribution in [3.8, 4) is 17.9 Å². The molecule has 2 N–H and O–H groups in total. The van der Waals surface area contributed by atoms with E-state index in [-0.39, 0.29) is 22.7 Å². The highest BCUT2D eigenvalue weighted by Gasteiger charge is 2.27. The highest BCUT2D eigenvalue weighted by Crippen LogP contribution is 2.21. The molecular formula is C18H19N5O2. The summed E-state index contributed by atoms with van der Waals surface area (Å²) in [5.74, 6) is -0.294. The van der Waals surface area contributed by atoms with Crippen molar-refractivity contribution >= 4 is 17.3 Å². The molecule has 0 saturated heterocycles. The Morgan fingerprint density at radius 3 is 2.28 bits per heavy atom. The lowest BCUT2D eigenvalue weighted by Crippen LogP contribution is -2.37. The lowest BCUT2D eigenvalue weighted by atomic mass is 10.0. The van der Waals surface area contributed by atoms with Gasteiger partial charge in [0.25, 0.3) is 5.91 Å². The average Bonchev–Trinajstić information content (AvgIpc) is 2.63. The molecule has 128 valence electrons. The van der Waals surface area contributed by atoms with E-state index in [0.29, 0.717) is 11.3 Å². The Morgan fingerprint density at radius 2 is 1.76 bits per heavy atom. The van der Waals surface area contributed by atoms with Crippen LogP contribution in [0.15, 0.2) is 52.3 Å². The molecule has 1 aliphatic rings. The summed E-state index contributed by atoms with van der Waals surface area (Å²) in [7, 11) is 1.48. The summed E-state index contributed by atoms with van der Waals surface area (Å²) in [6.45, 7) is 5.68. The fraction of sp³-hybridized carbons (Fsp3) is 0.222. The predicted octanol–water partition coefficient (Wildman–Crippen LogP) is 2.91. The molecule has 2 rings (SSSR count). The van der Waals surface area contributed by atoms with Crippen LogP contribution in [0.3, 0.4) is 0 Å². The maximum absolute atomic E-state index is 12.4. The molecule has 0 atom stereocenters. The van der Waals surface area contributed by atoms with Crippen LogP contribution < -0.4 is 5.43 Å². The minimum Gasteiger partial charge on any atom is -0.508 e. The van der Waals surface area contributed by atoms with Gasteiger partial charge in [0.1, 0.15) is 17.9 Å². The molecule has 0 spiro atoms. The van der Waals surface area contributed by atoms with Crippen molar-refractivity contribution in [1.82, 2.24) is 4.90 Å². The summed E-state index contributed by atoms with van der Waals surface area (Å²) in [4.78, 5) is 13.6. The quantitative estimate of drug-likeness (QED) is 0.489. The molecule has 1 aromatic rings. The Bertz CT molecular complexity index is 805. The number of allylic oxidation sites excluding steroid dienone is 2. The molecule has 7 heteroatoms. The number of nitriles is 2. The van der Waals surface area contributed by atoms with Gasteiger partial charge in [-0.15, -0.1) is 0 Å². The summed E-state index contributed by atoms with van der Waals surface area (Å²) in [6, 6.07) is 9.76. The van der Waals surface area contributed by atoms with E-state index in [4.69, 9.17) is 10.5 Å². The van der Waals surface area contributed by atoms with Gasteiger partial charge in [-0.25, -0.2) is 0 Å². The first-order chi connectivity index (χ1) is 12.0. The maximum Gasteiger partial charge on any atom is 0.278 e. The van der Waals surface area contributed by atoms with Gasteiger partial charge in [-0.3, -0.25) is 10.2 Å². The largest absolute Gasteiger partial charge is 0.508 e. The lowest BCUT2D eigenvalue weighted by Gasteiger charge is -2.24. The van der Waals surface area contributed by atoms with Crippen LogP contribution in [0.5, 0.6) is 5.75 Å².